The number of carbonyl (C=O) groups excluding carboxylic acids is 1. The first-order chi connectivity index (χ1) is 15.0. The minimum Gasteiger partial charge on any atom is -0.396 e. The van der Waals surface area contributed by atoms with Crippen LogP contribution in [-0.2, 0) is 6.54 Å². The molecule has 0 aliphatic heterocycles. The second kappa shape index (κ2) is 13.3. The largest absolute Gasteiger partial charge is 0.396 e. The molecule has 1 saturated carbocycles. The molecule has 0 unspecified atom stereocenters. The Hall–Kier alpha value is -2.12. The third kappa shape index (κ3) is 8.87. The molecule has 1 aromatic carbocycles. The van der Waals surface area contributed by atoms with Crippen LogP contribution in [0.3, 0.4) is 0 Å². The molecule has 174 valence electrons. The van der Waals surface area contributed by atoms with Crippen molar-refractivity contribution in [2.45, 2.75) is 52.0 Å². The van der Waals surface area contributed by atoms with Crippen LogP contribution in [0.2, 0.25) is 0 Å². The zero-order chi connectivity index (χ0) is 22.5. The van der Waals surface area contributed by atoms with Gasteiger partial charge in [-0.15, -0.1) is 0 Å². The Kier molecular flexibility index (Phi) is 10.8. The lowest BCUT2D eigenvalue weighted by atomic mass is 9.72. The molecule has 0 heterocycles. The molecule has 1 amide bonds. The molecule has 7 heteroatoms. The highest BCUT2D eigenvalue weighted by Gasteiger charge is 2.31. The van der Waals surface area contributed by atoms with Gasteiger partial charge >= 0.3 is 0 Å². The topological polar surface area (TPSA) is 89.0 Å². The van der Waals surface area contributed by atoms with E-state index in [1.54, 1.807) is 0 Å². The number of likely N-dealkylation sites (N-methyl/N-ethyl adjacent to an activating group) is 1. The van der Waals surface area contributed by atoms with Crippen LogP contribution in [-0.4, -0.2) is 68.8 Å². The maximum absolute atomic E-state index is 12.4. The molecule has 31 heavy (non-hydrogen) atoms. The van der Waals surface area contributed by atoms with E-state index in [2.05, 4.69) is 22.9 Å². The first-order valence-electron chi connectivity index (χ1n) is 11.6. The first kappa shape index (κ1) is 25.1. The molecular weight excluding hydrogens is 390 g/mol. The summed E-state index contributed by atoms with van der Waals surface area (Å²) in [5.41, 5.74) is 1.82. The lowest BCUT2D eigenvalue weighted by molar-refractivity contribution is 0.0951. The molecule has 1 aliphatic rings. The Morgan fingerprint density at radius 3 is 2.61 bits per heavy atom. The number of nitrogens with one attached hydrogen (secondary N) is 3. The summed E-state index contributed by atoms with van der Waals surface area (Å²) in [6.07, 6.45) is 6.91. The molecule has 0 bridgehead atoms. The van der Waals surface area contributed by atoms with Crippen LogP contribution in [0.4, 0.5) is 0 Å². The summed E-state index contributed by atoms with van der Waals surface area (Å²) >= 11 is 0. The number of benzene rings is 1. The number of aliphatic imine (C=N–C) groups is 1. The first-order valence-corrected chi connectivity index (χ1v) is 11.6. The fraction of sp³-hybridized carbons (Fsp3) is 0.667. The van der Waals surface area contributed by atoms with Gasteiger partial charge in [-0.05, 0) is 63.4 Å². The highest BCUT2D eigenvalue weighted by molar-refractivity contribution is 5.94. The molecule has 0 atom stereocenters. The van der Waals surface area contributed by atoms with Gasteiger partial charge in [-0.25, -0.2) is 4.99 Å². The number of guanidine groups is 1. The average Bonchev–Trinajstić information content (AvgIpc) is 2.76. The Bertz CT molecular complexity index is 693. The van der Waals surface area contributed by atoms with Crippen molar-refractivity contribution in [3.05, 3.63) is 35.4 Å². The number of aliphatic hydroxyl groups is 1. The highest BCUT2D eigenvalue weighted by Crippen LogP contribution is 2.38. The van der Waals surface area contributed by atoms with Gasteiger partial charge in [-0.2, -0.15) is 0 Å². The van der Waals surface area contributed by atoms with Gasteiger partial charge in [-0.3, -0.25) is 4.79 Å². The van der Waals surface area contributed by atoms with Crippen molar-refractivity contribution in [2.75, 3.05) is 46.9 Å². The van der Waals surface area contributed by atoms with E-state index in [-0.39, 0.29) is 17.9 Å². The smallest absolute Gasteiger partial charge is 0.251 e. The normalized spacial score (nSPS) is 16.2. The van der Waals surface area contributed by atoms with Crippen LogP contribution in [0, 0.1) is 5.41 Å². The molecule has 1 aromatic rings. The minimum atomic E-state index is -0.0547. The Balaban J connectivity index is 1.97. The van der Waals surface area contributed by atoms with E-state index in [1.807, 2.05) is 43.3 Å². The molecule has 1 aliphatic carbocycles. The van der Waals surface area contributed by atoms with Gasteiger partial charge in [0.2, 0.25) is 0 Å². The summed E-state index contributed by atoms with van der Waals surface area (Å²) in [5.74, 6) is 0.729. The molecule has 0 spiro atoms. The van der Waals surface area contributed by atoms with Crippen molar-refractivity contribution >= 4 is 11.9 Å². The monoisotopic (exact) mass is 431 g/mol. The van der Waals surface area contributed by atoms with Crippen molar-refractivity contribution < 1.29 is 9.90 Å². The van der Waals surface area contributed by atoms with Crippen molar-refractivity contribution in [2.24, 2.45) is 10.4 Å². The molecule has 1 fully saturated rings. The number of hydrogen-bond acceptors (Lipinski definition) is 4. The molecule has 0 radical (unpaired) electrons. The highest BCUT2D eigenvalue weighted by atomic mass is 16.3. The number of rotatable bonds is 11. The van der Waals surface area contributed by atoms with Crippen LogP contribution in [0.25, 0.3) is 0 Å². The van der Waals surface area contributed by atoms with Crippen molar-refractivity contribution in [1.82, 2.24) is 20.9 Å². The fourth-order valence-electron chi connectivity index (χ4n) is 4.14. The number of aliphatic hydroxyl groups excluding tert-OH is 1. The fourth-order valence-corrected chi connectivity index (χ4v) is 4.14. The summed E-state index contributed by atoms with van der Waals surface area (Å²) < 4.78 is 0. The SMILES string of the molecule is CCNC(=NCc1cccc(C(=O)NCCN(C)C)c1)NCC1(CCO)CCCCC1. The van der Waals surface area contributed by atoms with Crippen LogP contribution < -0.4 is 16.0 Å². The zero-order valence-corrected chi connectivity index (χ0v) is 19.5. The summed E-state index contributed by atoms with van der Waals surface area (Å²) in [7, 11) is 3.97. The van der Waals surface area contributed by atoms with E-state index in [0.717, 1.165) is 50.4 Å². The van der Waals surface area contributed by atoms with Gasteiger partial charge in [0, 0.05) is 38.3 Å². The summed E-state index contributed by atoms with van der Waals surface area (Å²) in [6.45, 7) is 5.84. The van der Waals surface area contributed by atoms with Gasteiger partial charge in [0.1, 0.15) is 0 Å². The van der Waals surface area contributed by atoms with Crippen molar-refractivity contribution in [1.29, 1.82) is 0 Å². The maximum atomic E-state index is 12.4. The predicted molar refractivity (Wildman–Crippen MR) is 127 cm³/mol. The van der Waals surface area contributed by atoms with E-state index in [1.165, 1.54) is 19.3 Å². The van der Waals surface area contributed by atoms with Crippen molar-refractivity contribution in [3.63, 3.8) is 0 Å². The number of carbonyl (C=O) groups is 1. The van der Waals surface area contributed by atoms with E-state index in [4.69, 9.17) is 4.99 Å². The average molecular weight is 432 g/mol. The Morgan fingerprint density at radius 1 is 1.16 bits per heavy atom. The van der Waals surface area contributed by atoms with Crippen molar-refractivity contribution in [3.8, 4) is 0 Å². The van der Waals surface area contributed by atoms with Gasteiger partial charge in [-0.1, -0.05) is 31.4 Å². The number of hydrogen-bond donors (Lipinski definition) is 4. The van der Waals surface area contributed by atoms with Gasteiger partial charge in [0.25, 0.3) is 5.91 Å². The summed E-state index contributed by atoms with van der Waals surface area (Å²) in [6, 6.07) is 7.65. The van der Waals surface area contributed by atoms with E-state index >= 15 is 0 Å². The summed E-state index contributed by atoms with van der Waals surface area (Å²) in [4.78, 5) is 19.2. The maximum Gasteiger partial charge on any atom is 0.251 e. The standard InChI is InChI=1S/C24H41N5O2/c1-4-25-23(28-19-24(13-16-30)11-6-5-7-12-24)27-18-20-9-8-10-21(17-20)22(31)26-14-15-29(2)3/h8-10,17,30H,4-7,11-16,18-19H2,1-3H3,(H,26,31)(H2,25,27,28). The molecule has 4 N–H and O–H groups in total. The van der Waals surface area contributed by atoms with Crippen LogP contribution >= 0.6 is 0 Å². The predicted octanol–water partition coefficient (Wildman–Crippen LogP) is 2.37. The number of nitrogens with zero attached hydrogens (tertiary/aromatic N) is 2. The lowest BCUT2D eigenvalue weighted by Crippen LogP contribution is -2.44. The molecule has 0 saturated heterocycles. The molecule has 7 nitrogen and oxygen atoms in total. The molecule has 2 rings (SSSR count). The van der Waals surface area contributed by atoms with E-state index < -0.39 is 0 Å². The lowest BCUT2D eigenvalue weighted by Gasteiger charge is -2.37. The van der Waals surface area contributed by atoms with Gasteiger partial charge in [0.05, 0.1) is 6.54 Å². The quantitative estimate of drug-likeness (QED) is 0.319. The van der Waals surface area contributed by atoms with Crippen LogP contribution in [0.1, 0.15) is 61.4 Å². The second-order valence-corrected chi connectivity index (χ2v) is 8.84. The Morgan fingerprint density at radius 2 is 1.94 bits per heavy atom. The van der Waals surface area contributed by atoms with Gasteiger partial charge in [0.15, 0.2) is 5.96 Å². The second-order valence-electron chi connectivity index (χ2n) is 8.84. The van der Waals surface area contributed by atoms with Gasteiger partial charge < -0.3 is 26.0 Å². The van der Waals surface area contributed by atoms with E-state index in [0.29, 0.717) is 18.7 Å². The third-order valence-corrected chi connectivity index (χ3v) is 5.98. The molecular formula is C24H41N5O2. The van der Waals surface area contributed by atoms with Crippen LogP contribution in [0.15, 0.2) is 29.3 Å². The Labute approximate surface area is 187 Å². The van der Waals surface area contributed by atoms with Crippen LogP contribution in [0.5, 0.6) is 0 Å². The zero-order valence-electron chi connectivity index (χ0n) is 19.5. The minimum absolute atomic E-state index is 0.0547. The number of amides is 1. The molecule has 0 aromatic heterocycles. The third-order valence-electron chi connectivity index (χ3n) is 5.98. The summed E-state index contributed by atoms with van der Waals surface area (Å²) in [5, 5.41) is 19.3. The van der Waals surface area contributed by atoms with E-state index in [9.17, 15) is 9.90 Å².